The van der Waals surface area contributed by atoms with E-state index in [9.17, 15) is 0 Å². The maximum Gasteiger partial charge on any atom is 0.148 e. The molecule has 0 spiro atoms. The third-order valence-electron chi connectivity index (χ3n) is 1.29. The Hall–Kier alpha value is 0.200. The van der Waals surface area contributed by atoms with E-state index in [4.69, 9.17) is 4.74 Å². The van der Waals surface area contributed by atoms with Gasteiger partial charge >= 0.3 is 0 Å². The van der Waals surface area contributed by atoms with Gasteiger partial charge in [-0.2, -0.15) is 0 Å². The van der Waals surface area contributed by atoms with Crippen molar-refractivity contribution < 1.29 is 4.74 Å². The third-order valence-corrected chi connectivity index (χ3v) is 2.77. The molecule has 1 rings (SSSR count). The Labute approximate surface area is 103 Å². The highest BCUT2D eigenvalue weighted by Crippen LogP contribution is 2.33. The van der Waals surface area contributed by atoms with Crippen LogP contribution in [-0.2, 0) is 0 Å². The van der Waals surface area contributed by atoms with E-state index in [1.807, 2.05) is 18.2 Å². The van der Waals surface area contributed by atoms with Gasteiger partial charge in [0.1, 0.15) is 12.4 Å². The van der Waals surface area contributed by atoms with E-state index in [1.165, 1.54) is 0 Å². The normalized spacial score (nSPS) is 9.77. The zero-order valence-corrected chi connectivity index (χ0v) is 11.4. The average molecular weight is 371 g/mol. The van der Waals surface area contributed by atoms with E-state index < -0.39 is 0 Å². The van der Waals surface area contributed by atoms with E-state index in [-0.39, 0.29) is 0 Å². The predicted molar refractivity (Wildman–Crippen MR) is 65.4 cm³/mol. The minimum Gasteiger partial charge on any atom is -0.486 e. The van der Waals surface area contributed by atoms with Crippen LogP contribution in [0.25, 0.3) is 0 Å². The van der Waals surface area contributed by atoms with E-state index in [1.54, 1.807) is 0 Å². The molecule has 70 valence electrons. The molecule has 1 aromatic rings. The second-order valence-electron chi connectivity index (χ2n) is 2.36. The number of para-hydroxylation sites is 1. The van der Waals surface area contributed by atoms with Crippen LogP contribution in [0.4, 0.5) is 0 Å². The number of benzene rings is 1. The Morgan fingerprint density at radius 2 is 1.85 bits per heavy atom. The van der Waals surface area contributed by atoms with Crippen LogP contribution in [0, 0.1) is 0 Å². The van der Waals surface area contributed by atoms with Crippen LogP contribution in [0.2, 0.25) is 0 Å². The lowest BCUT2D eigenvalue weighted by Gasteiger charge is -2.08. The molecule has 0 fully saturated rings. The number of hydrogen-bond acceptors (Lipinski definition) is 1. The number of halogens is 3. The highest BCUT2D eigenvalue weighted by Gasteiger charge is 2.05. The fourth-order valence-corrected chi connectivity index (χ4v) is 2.11. The summed E-state index contributed by atoms with van der Waals surface area (Å²) in [6.45, 7) is 4.15. The molecule has 0 N–H and O–H groups in total. The first-order valence-electron chi connectivity index (χ1n) is 3.51. The topological polar surface area (TPSA) is 9.23 Å². The van der Waals surface area contributed by atoms with Gasteiger partial charge < -0.3 is 4.74 Å². The van der Waals surface area contributed by atoms with Gasteiger partial charge in [0.25, 0.3) is 0 Å². The molecule has 0 aliphatic rings. The Morgan fingerprint density at radius 1 is 1.31 bits per heavy atom. The standard InChI is InChI=1S/C9H7Br3O/c1-6(10)5-13-9-7(11)3-2-4-8(9)12/h2-4H,1,5H2. The first-order chi connectivity index (χ1) is 6.11. The Balaban J connectivity index is 2.81. The van der Waals surface area contributed by atoms with E-state index in [0.717, 1.165) is 19.2 Å². The summed E-state index contributed by atoms with van der Waals surface area (Å²) in [4.78, 5) is 0. The van der Waals surface area contributed by atoms with Gasteiger partial charge in [-0.05, 0) is 44.0 Å². The molecular formula is C9H7Br3O. The molecule has 0 aliphatic heterocycles. The van der Waals surface area contributed by atoms with Crippen LogP contribution in [0.3, 0.4) is 0 Å². The summed E-state index contributed by atoms with van der Waals surface area (Å²) in [5.74, 6) is 0.795. The predicted octanol–water partition coefficient (Wildman–Crippen LogP) is 4.50. The van der Waals surface area contributed by atoms with Crippen molar-refractivity contribution in [3.8, 4) is 5.75 Å². The minimum atomic E-state index is 0.460. The van der Waals surface area contributed by atoms with Crippen molar-refractivity contribution in [1.29, 1.82) is 0 Å². The summed E-state index contributed by atoms with van der Waals surface area (Å²) in [6.07, 6.45) is 0. The van der Waals surface area contributed by atoms with Crippen molar-refractivity contribution in [1.82, 2.24) is 0 Å². The van der Waals surface area contributed by atoms with Gasteiger partial charge in [0.2, 0.25) is 0 Å². The van der Waals surface area contributed by atoms with Crippen LogP contribution >= 0.6 is 47.8 Å². The summed E-state index contributed by atoms with van der Waals surface area (Å²) in [7, 11) is 0. The van der Waals surface area contributed by atoms with Gasteiger partial charge in [-0.1, -0.05) is 28.6 Å². The molecule has 0 bridgehead atoms. The zero-order chi connectivity index (χ0) is 9.84. The molecule has 0 aromatic heterocycles. The molecule has 0 saturated carbocycles. The maximum absolute atomic E-state index is 5.49. The molecule has 0 aliphatic carbocycles. The molecule has 4 heteroatoms. The highest BCUT2D eigenvalue weighted by atomic mass is 79.9. The average Bonchev–Trinajstić information content (AvgIpc) is 2.03. The van der Waals surface area contributed by atoms with Gasteiger partial charge in [0.05, 0.1) is 8.95 Å². The summed E-state index contributed by atoms with van der Waals surface area (Å²) >= 11 is 10.0. The molecule has 1 aromatic carbocycles. The summed E-state index contributed by atoms with van der Waals surface area (Å²) in [5.41, 5.74) is 0. The largest absolute Gasteiger partial charge is 0.486 e. The quantitative estimate of drug-likeness (QED) is 0.761. The number of rotatable bonds is 3. The lowest BCUT2D eigenvalue weighted by molar-refractivity contribution is 0.356. The third kappa shape index (κ3) is 3.44. The molecule has 1 nitrogen and oxygen atoms in total. The van der Waals surface area contributed by atoms with E-state index in [2.05, 4.69) is 54.4 Å². The van der Waals surface area contributed by atoms with Gasteiger partial charge in [-0.15, -0.1) is 0 Å². The Bertz CT molecular complexity index is 302. The minimum absolute atomic E-state index is 0.460. The maximum atomic E-state index is 5.49. The smallest absolute Gasteiger partial charge is 0.148 e. The first kappa shape index (κ1) is 11.3. The Morgan fingerprint density at radius 3 is 2.31 bits per heavy atom. The molecule has 0 heterocycles. The molecule has 0 saturated heterocycles. The molecule has 0 radical (unpaired) electrons. The monoisotopic (exact) mass is 368 g/mol. The second-order valence-corrected chi connectivity index (χ2v) is 5.19. The van der Waals surface area contributed by atoms with Gasteiger partial charge in [-0.25, -0.2) is 0 Å². The second kappa shape index (κ2) is 5.17. The molecule has 0 unspecified atom stereocenters. The summed E-state index contributed by atoms with van der Waals surface area (Å²) in [6, 6.07) is 5.79. The first-order valence-corrected chi connectivity index (χ1v) is 5.89. The molecular weight excluding hydrogens is 364 g/mol. The highest BCUT2D eigenvalue weighted by molar-refractivity contribution is 9.11. The van der Waals surface area contributed by atoms with Crippen LogP contribution in [0.5, 0.6) is 5.75 Å². The van der Waals surface area contributed by atoms with Crippen LogP contribution in [0.1, 0.15) is 0 Å². The SMILES string of the molecule is C=C(Br)COc1c(Br)cccc1Br. The van der Waals surface area contributed by atoms with Crippen molar-refractivity contribution in [3.05, 3.63) is 38.2 Å². The van der Waals surface area contributed by atoms with Crippen LogP contribution in [0.15, 0.2) is 38.2 Å². The van der Waals surface area contributed by atoms with Crippen molar-refractivity contribution >= 4 is 47.8 Å². The molecule has 0 amide bonds. The van der Waals surface area contributed by atoms with Crippen LogP contribution in [-0.4, -0.2) is 6.61 Å². The molecule has 13 heavy (non-hydrogen) atoms. The van der Waals surface area contributed by atoms with Crippen molar-refractivity contribution in [2.24, 2.45) is 0 Å². The summed E-state index contributed by atoms with van der Waals surface area (Å²) in [5, 5.41) is 0. The fourth-order valence-electron chi connectivity index (χ4n) is 0.771. The lowest BCUT2D eigenvalue weighted by Crippen LogP contribution is -1.97. The lowest BCUT2D eigenvalue weighted by atomic mass is 10.3. The van der Waals surface area contributed by atoms with Gasteiger partial charge in [0, 0.05) is 4.48 Å². The van der Waals surface area contributed by atoms with Gasteiger partial charge in [-0.3, -0.25) is 0 Å². The zero-order valence-electron chi connectivity index (χ0n) is 6.69. The number of hydrogen-bond donors (Lipinski definition) is 0. The Kier molecular flexibility index (Phi) is 4.49. The fraction of sp³-hybridized carbons (Fsp3) is 0.111. The number of ether oxygens (including phenoxy) is 1. The van der Waals surface area contributed by atoms with Crippen LogP contribution < -0.4 is 4.74 Å². The van der Waals surface area contributed by atoms with E-state index >= 15 is 0 Å². The van der Waals surface area contributed by atoms with Crippen molar-refractivity contribution in [2.45, 2.75) is 0 Å². The van der Waals surface area contributed by atoms with Gasteiger partial charge in [0.15, 0.2) is 0 Å². The van der Waals surface area contributed by atoms with Crippen molar-refractivity contribution in [3.63, 3.8) is 0 Å². The molecule has 0 atom stereocenters. The summed E-state index contributed by atoms with van der Waals surface area (Å²) < 4.78 is 8.16. The van der Waals surface area contributed by atoms with Crippen molar-refractivity contribution in [2.75, 3.05) is 6.61 Å². The van der Waals surface area contributed by atoms with E-state index in [0.29, 0.717) is 6.61 Å².